The van der Waals surface area contributed by atoms with Crippen molar-refractivity contribution < 1.29 is 14.7 Å². The van der Waals surface area contributed by atoms with E-state index in [9.17, 15) is 9.59 Å². The molecule has 1 amide bonds. The van der Waals surface area contributed by atoms with Crippen molar-refractivity contribution in [2.75, 3.05) is 0 Å². The first-order valence-electron chi connectivity index (χ1n) is 4.09. The molecule has 0 aromatic rings. The molecule has 2 N–H and O–H groups in total. The third kappa shape index (κ3) is 3.74. The summed E-state index contributed by atoms with van der Waals surface area (Å²) >= 11 is 5.07. The zero-order valence-electron chi connectivity index (χ0n) is 8.24. The van der Waals surface area contributed by atoms with Gasteiger partial charge in [0.05, 0.1) is 0 Å². The molecule has 0 bridgehead atoms. The van der Waals surface area contributed by atoms with Gasteiger partial charge in [0.15, 0.2) is 0 Å². The fourth-order valence-electron chi connectivity index (χ4n) is 0.798. The van der Waals surface area contributed by atoms with Gasteiger partial charge >= 0.3 is 5.97 Å². The monoisotopic (exact) mass is 220 g/mol. The van der Waals surface area contributed by atoms with Crippen LogP contribution < -0.4 is 5.32 Å². The molecule has 80 valence electrons. The highest BCUT2D eigenvalue weighted by atomic mass is 35.5. The molecule has 0 unspecified atom stereocenters. The predicted octanol–water partition coefficient (Wildman–Crippen LogP) is 0.826. The molecule has 0 fully saturated rings. The Balaban J connectivity index is 4.47. The molecule has 5 nitrogen and oxygen atoms in total. The average Bonchev–Trinajstić information content (AvgIpc) is 2.11. The maximum absolute atomic E-state index is 11.2. The van der Waals surface area contributed by atoms with Gasteiger partial charge in [0, 0.05) is 11.8 Å². The van der Waals surface area contributed by atoms with Crippen LogP contribution in [0.3, 0.4) is 0 Å². The highest BCUT2D eigenvalue weighted by Gasteiger charge is 2.24. The summed E-state index contributed by atoms with van der Waals surface area (Å²) < 4.78 is 3.14. The van der Waals surface area contributed by atoms with Crippen molar-refractivity contribution >= 4 is 29.4 Å². The summed E-state index contributed by atoms with van der Waals surface area (Å²) in [4.78, 5) is 21.9. The van der Waals surface area contributed by atoms with Gasteiger partial charge in [-0.1, -0.05) is 13.8 Å². The zero-order valence-corrected chi connectivity index (χ0v) is 9.00. The van der Waals surface area contributed by atoms with Gasteiger partial charge in [-0.25, -0.2) is 4.79 Å². The van der Waals surface area contributed by atoms with Gasteiger partial charge in [-0.3, -0.25) is 4.79 Å². The van der Waals surface area contributed by atoms with Crippen LogP contribution in [-0.4, -0.2) is 28.7 Å². The summed E-state index contributed by atoms with van der Waals surface area (Å²) in [6.07, 6.45) is 0. The maximum atomic E-state index is 11.2. The van der Waals surface area contributed by atoms with E-state index < -0.39 is 17.9 Å². The average molecular weight is 221 g/mol. The number of nitrogens with zero attached hydrogens (tertiary/aromatic N) is 1. The Hall–Kier alpha value is -1.10. The summed E-state index contributed by atoms with van der Waals surface area (Å²) in [5, 5.41) is 11.1. The standard InChI is InChI=1S/C8H13ClN2O3/c1-4(2)6(8(13)14)10-7(12)5(3)11-9/h4,6H,1-3H3,(H,10,12)(H,13,14)/b11-5+/t6-/m0/s1. The molecule has 0 rings (SSSR count). The molecule has 0 saturated heterocycles. The first-order valence-corrected chi connectivity index (χ1v) is 4.43. The summed E-state index contributed by atoms with van der Waals surface area (Å²) in [7, 11) is 0. The Morgan fingerprint density at radius 2 is 1.93 bits per heavy atom. The normalized spacial score (nSPS) is 13.9. The largest absolute Gasteiger partial charge is 0.480 e. The van der Waals surface area contributed by atoms with E-state index in [2.05, 4.69) is 9.83 Å². The van der Waals surface area contributed by atoms with Gasteiger partial charge in [-0.15, -0.1) is 0 Å². The van der Waals surface area contributed by atoms with Crippen LogP contribution in [0.4, 0.5) is 0 Å². The Kier molecular flexibility index (Phi) is 5.15. The van der Waals surface area contributed by atoms with E-state index in [0.717, 1.165) is 0 Å². The van der Waals surface area contributed by atoms with Crippen molar-refractivity contribution in [3.05, 3.63) is 0 Å². The Bertz CT molecular complexity index is 263. The van der Waals surface area contributed by atoms with E-state index in [-0.39, 0.29) is 11.6 Å². The van der Waals surface area contributed by atoms with Gasteiger partial charge < -0.3 is 10.4 Å². The first-order chi connectivity index (χ1) is 6.40. The second-order valence-electron chi connectivity index (χ2n) is 3.20. The van der Waals surface area contributed by atoms with E-state index in [0.29, 0.717) is 0 Å². The molecule has 1 atom stereocenters. The van der Waals surface area contributed by atoms with Crippen molar-refractivity contribution in [2.45, 2.75) is 26.8 Å². The first kappa shape index (κ1) is 12.9. The van der Waals surface area contributed by atoms with Crippen LogP contribution in [0.5, 0.6) is 0 Å². The van der Waals surface area contributed by atoms with E-state index in [1.165, 1.54) is 6.92 Å². The van der Waals surface area contributed by atoms with Crippen LogP contribution in [0.25, 0.3) is 0 Å². The van der Waals surface area contributed by atoms with Crippen LogP contribution in [0.1, 0.15) is 20.8 Å². The van der Waals surface area contributed by atoms with E-state index in [1.807, 2.05) is 0 Å². The molecule has 0 aliphatic heterocycles. The van der Waals surface area contributed by atoms with Gasteiger partial charge in [-0.2, -0.15) is 4.51 Å². The van der Waals surface area contributed by atoms with Crippen LogP contribution in [0.2, 0.25) is 0 Å². The molecule has 6 heteroatoms. The van der Waals surface area contributed by atoms with Crippen molar-refractivity contribution in [1.29, 1.82) is 0 Å². The molecule has 0 heterocycles. The van der Waals surface area contributed by atoms with E-state index >= 15 is 0 Å². The lowest BCUT2D eigenvalue weighted by Crippen LogP contribution is -2.46. The lowest BCUT2D eigenvalue weighted by atomic mass is 10.0. The molecule has 0 saturated carbocycles. The second kappa shape index (κ2) is 5.59. The molecule has 0 aromatic heterocycles. The summed E-state index contributed by atoms with van der Waals surface area (Å²) in [5.74, 6) is -1.84. The van der Waals surface area contributed by atoms with Crippen molar-refractivity contribution in [1.82, 2.24) is 5.32 Å². The number of rotatable bonds is 4. The zero-order chi connectivity index (χ0) is 11.3. The summed E-state index contributed by atoms with van der Waals surface area (Å²) in [5.41, 5.74) is 0.0403. The Labute approximate surface area is 87.3 Å². The van der Waals surface area contributed by atoms with Crippen LogP contribution in [-0.2, 0) is 9.59 Å². The lowest BCUT2D eigenvalue weighted by Gasteiger charge is -2.17. The van der Waals surface area contributed by atoms with E-state index in [1.54, 1.807) is 13.8 Å². The minimum atomic E-state index is -1.07. The number of aliphatic carboxylic acids is 1. The Morgan fingerprint density at radius 1 is 1.43 bits per heavy atom. The van der Waals surface area contributed by atoms with Crippen LogP contribution >= 0.6 is 11.8 Å². The number of carbonyl (C=O) groups excluding carboxylic acids is 1. The maximum Gasteiger partial charge on any atom is 0.326 e. The van der Waals surface area contributed by atoms with Gasteiger partial charge in [0.25, 0.3) is 5.91 Å². The SMILES string of the molecule is C/C(=N\Cl)C(=O)N[C@H](C(=O)O)C(C)C. The number of hydrogen-bond donors (Lipinski definition) is 2. The van der Waals surface area contributed by atoms with E-state index in [4.69, 9.17) is 16.9 Å². The number of nitrogens with one attached hydrogen (secondary N) is 1. The van der Waals surface area contributed by atoms with Crippen molar-refractivity contribution in [3.8, 4) is 0 Å². The fourth-order valence-corrected chi connectivity index (χ4v) is 0.874. The van der Waals surface area contributed by atoms with Crippen LogP contribution in [0.15, 0.2) is 4.51 Å². The van der Waals surface area contributed by atoms with Crippen molar-refractivity contribution in [3.63, 3.8) is 0 Å². The van der Waals surface area contributed by atoms with Crippen molar-refractivity contribution in [2.24, 2.45) is 10.4 Å². The molecule has 0 aliphatic carbocycles. The van der Waals surface area contributed by atoms with Gasteiger partial charge in [-0.05, 0) is 12.8 Å². The molecule has 0 spiro atoms. The highest BCUT2D eigenvalue weighted by molar-refractivity contribution is 6.42. The Morgan fingerprint density at radius 3 is 2.21 bits per heavy atom. The molecule has 0 radical (unpaired) electrons. The minimum absolute atomic E-state index is 0.0403. The number of carbonyl (C=O) groups is 2. The molecule has 14 heavy (non-hydrogen) atoms. The third-order valence-corrected chi connectivity index (χ3v) is 1.93. The fraction of sp³-hybridized carbons (Fsp3) is 0.625. The topological polar surface area (TPSA) is 78.8 Å². The number of carboxylic acids is 1. The predicted molar refractivity (Wildman–Crippen MR) is 53.4 cm³/mol. The number of hydrogen-bond acceptors (Lipinski definition) is 3. The van der Waals surface area contributed by atoms with Gasteiger partial charge in [0.1, 0.15) is 11.8 Å². The summed E-state index contributed by atoms with van der Waals surface area (Å²) in [6.45, 7) is 4.81. The number of carboxylic acid groups (broad SMARTS) is 1. The molecular formula is C8H13ClN2O3. The van der Waals surface area contributed by atoms with Crippen LogP contribution in [0, 0.1) is 5.92 Å². The molecule has 0 aliphatic rings. The molecule has 0 aromatic carbocycles. The minimum Gasteiger partial charge on any atom is -0.480 e. The lowest BCUT2D eigenvalue weighted by molar-refractivity contribution is -0.142. The second-order valence-corrected chi connectivity index (χ2v) is 3.37. The number of amides is 1. The smallest absolute Gasteiger partial charge is 0.326 e. The highest BCUT2D eigenvalue weighted by Crippen LogP contribution is 2.01. The quantitative estimate of drug-likeness (QED) is 0.689. The summed E-state index contributed by atoms with van der Waals surface area (Å²) in [6, 6.07) is -0.920. The number of halogens is 1. The third-order valence-electron chi connectivity index (χ3n) is 1.67. The molecular weight excluding hydrogens is 208 g/mol. The van der Waals surface area contributed by atoms with Gasteiger partial charge in [0.2, 0.25) is 0 Å².